The lowest BCUT2D eigenvalue weighted by atomic mass is 9.78. The molecule has 2 unspecified atom stereocenters. The van der Waals surface area contributed by atoms with E-state index in [1.165, 1.54) is 12.8 Å². The Morgan fingerprint density at radius 3 is 2.79 bits per heavy atom. The lowest BCUT2D eigenvalue weighted by Crippen LogP contribution is -2.56. The summed E-state index contributed by atoms with van der Waals surface area (Å²) in [5.74, 6) is 0. The first-order chi connectivity index (χ1) is 9.21. The van der Waals surface area contributed by atoms with Crippen LogP contribution in [0.25, 0.3) is 0 Å². The number of ether oxygens (including phenoxy) is 1. The van der Waals surface area contributed by atoms with Crippen LogP contribution in [0.4, 0.5) is 0 Å². The molecule has 0 radical (unpaired) electrons. The molecule has 0 saturated heterocycles. The van der Waals surface area contributed by atoms with Crippen LogP contribution in [0.3, 0.4) is 0 Å². The second kappa shape index (κ2) is 8.90. The van der Waals surface area contributed by atoms with Crippen LogP contribution >= 0.6 is 0 Å². The van der Waals surface area contributed by atoms with E-state index in [1.54, 1.807) is 7.11 Å². The average molecular weight is 272 g/mol. The van der Waals surface area contributed by atoms with Gasteiger partial charge in [-0.2, -0.15) is 0 Å². The summed E-state index contributed by atoms with van der Waals surface area (Å²) in [7, 11) is 1.76. The molecule has 114 valence electrons. The van der Waals surface area contributed by atoms with Crippen molar-refractivity contribution in [2.45, 2.75) is 57.5 Å². The van der Waals surface area contributed by atoms with Crippen LogP contribution in [0, 0.1) is 0 Å². The summed E-state index contributed by atoms with van der Waals surface area (Å²) in [6.07, 6.45) is 5.72. The summed E-state index contributed by atoms with van der Waals surface area (Å²) in [5, 5.41) is 13.4. The zero-order chi connectivity index (χ0) is 14.1. The van der Waals surface area contributed by atoms with E-state index in [-0.39, 0.29) is 12.1 Å². The van der Waals surface area contributed by atoms with Crippen molar-refractivity contribution in [3.05, 3.63) is 0 Å². The molecule has 2 N–H and O–H groups in total. The maximum atomic E-state index is 9.81. The zero-order valence-electron chi connectivity index (χ0n) is 13.0. The molecule has 0 amide bonds. The van der Waals surface area contributed by atoms with E-state index >= 15 is 0 Å². The minimum atomic E-state index is -0.0561. The fourth-order valence-corrected chi connectivity index (χ4v) is 3.20. The molecule has 0 aliphatic heterocycles. The van der Waals surface area contributed by atoms with Gasteiger partial charge in [0, 0.05) is 25.2 Å². The maximum Gasteiger partial charge on any atom is 0.0613 e. The van der Waals surface area contributed by atoms with Crippen LogP contribution in [-0.2, 0) is 4.74 Å². The number of hydrogen-bond donors (Lipinski definition) is 2. The predicted molar refractivity (Wildman–Crippen MR) is 79.5 cm³/mol. The molecule has 1 aliphatic rings. The highest BCUT2D eigenvalue weighted by atomic mass is 16.5. The molecule has 4 nitrogen and oxygen atoms in total. The summed E-state index contributed by atoms with van der Waals surface area (Å²) >= 11 is 0. The number of nitrogens with one attached hydrogen (secondary N) is 1. The molecular weight excluding hydrogens is 240 g/mol. The Labute approximate surface area is 118 Å². The van der Waals surface area contributed by atoms with E-state index in [0.29, 0.717) is 6.04 Å². The van der Waals surface area contributed by atoms with Crippen LogP contribution < -0.4 is 5.32 Å². The van der Waals surface area contributed by atoms with E-state index in [1.807, 2.05) is 0 Å². The van der Waals surface area contributed by atoms with E-state index in [0.717, 1.165) is 45.5 Å². The van der Waals surface area contributed by atoms with Gasteiger partial charge in [-0.15, -0.1) is 0 Å². The normalized spacial score (nSPS) is 27.9. The van der Waals surface area contributed by atoms with Crippen molar-refractivity contribution in [2.24, 2.45) is 0 Å². The number of hydrogen-bond acceptors (Lipinski definition) is 4. The number of aliphatic hydroxyl groups excluding tert-OH is 1. The van der Waals surface area contributed by atoms with E-state index in [2.05, 4.69) is 24.1 Å². The van der Waals surface area contributed by atoms with Crippen molar-refractivity contribution in [3.8, 4) is 0 Å². The van der Waals surface area contributed by atoms with Crippen LogP contribution in [0.1, 0.15) is 46.0 Å². The molecule has 0 aromatic heterocycles. The highest BCUT2D eigenvalue weighted by Gasteiger charge is 2.36. The van der Waals surface area contributed by atoms with Gasteiger partial charge in [-0.25, -0.2) is 0 Å². The summed E-state index contributed by atoms with van der Waals surface area (Å²) in [4.78, 5) is 2.50. The van der Waals surface area contributed by atoms with Crippen molar-refractivity contribution in [2.75, 3.05) is 40.0 Å². The third-order valence-electron chi connectivity index (χ3n) is 4.38. The SMILES string of the molecule is CCCNC1(CO)CCCC(N(CC)CCOC)C1. The molecule has 1 rings (SSSR count). The minimum Gasteiger partial charge on any atom is -0.394 e. The second-order valence-corrected chi connectivity index (χ2v) is 5.74. The van der Waals surface area contributed by atoms with Crippen molar-refractivity contribution in [3.63, 3.8) is 0 Å². The molecule has 0 heterocycles. The Bertz CT molecular complexity index is 238. The van der Waals surface area contributed by atoms with E-state index < -0.39 is 0 Å². The van der Waals surface area contributed by atoms with Gasteiger partial charge in [0.25, 0.3) is 0 Å². The van der Waals surface area contributed by atoms with Gasteiger partial charge in [-0.05, 0) is 45.2 Å². The number of rotatable bonds is 9. The first-order valence-corrected chi connectivity index (χ1v) is 7.80. The van der Waals surface area contributed by atoms with Gasteiger partial charge in [-0.3, -0.25) is 4.90 Å². The molecule has 0 aromatic carbocycles. The quantitative estimate of drug-likeness (QED) is 0.669. The minimum absolute atomic E-state index is 0.0561. The fourth-order valence-electron chi connectivity index (χ4n) is 3.20. The Hall–Kier alpha value is -0.160. The molecule has 0 spiro atoms. The van der Waals surface area contributed by atoms with E-state index in [9.17, 15) is 5.11 Å². The number of nitrogens with zero attached hydrogens (tertiary/aromatic N) is 1. The standard InChI is InChI=1S/C15H32N2O2/c1-4-9-16-15(13-18)8-6-7-14(12-15)17(5-2)10-11-19-3/h14,16,18H,4-13H2,1-3H3. The van der Waals surface area contributed by atoms with Gasteiger partial charge in [-0.1, -0.05) is 13.8 Å². The fraction of sp³-hybridized carbons (Fsp3) is 1.00. The summed E-state index contributed by atoms with van der Waals surface area (Å²) < 4.78 is 5.20. The molecule has 1 saturated carbocycles. The number of likely N-dealkylation sites (N-methyl/N-ethyl adjacent to an activating group) is 1. The highest BCUT2D eigenvalue weighted by Crippen LogP contribution is 2.31. The van der Waals surface area contributed by atoms with Gasteiger partial charge in [0.2, 0.25) is 0 Å². The summed E-state index contributed by atoms with van der Waals surface area (Å²) in [5.41, 5.74) is -0.0561. The van der Waals surface area contributed by atoms with Gasteiger partial charge >= 0.3 is 0 Å². The number of methoxy groups -OCH3 is 1. The zero-order valence-corrected chi connectivity index (χ0v) is 13.0. The van der Waals surface area contributed by atoms with Crippen molar-refractivity contribution < 1.29 is 9.84 Å². The molecule has 19 heavy (non-hydrogen) atoms. The summed E-state index contributed by atoms with van der Waals surface area (Å²) in [6.45, 7) is 8.48. The Kier molecular flexibility index (Phi) is 7.91. The second-order valence-electron chi connectivity index (χ2n) is 5.74. The molecule has 0 bridgehead atoms. The predicted octanol–water partition coefficient (Wildman–Crippen LogP) is 1.63. The van der Waals surface area contributed by atoms with Crippen LogP contribution in [0.2, 0.25) is 0 Å². The van der Waals surface area contributed by atoms with Crippen LogP contribution in [0.5, 0.6) is 0 Å². The third-order valence-corrected chi connectivity index (χ3v) is 4.38. The van der Waals surface area contributed by atoms with Gasteiger partial charge in [0.15, 0.2) is 0 Å². The Morgan fingerprint density at radius 2 is 2.21 bits per heavy atom. The third kappa shape index (κ3) is 5.03. The van der Waals surface area contributed by atoms with Gasteiger partial charge < -0.3 is 15.2 Å². The highest BCUT2D eigenvalue weighted by molar-refractivity contribution is 4.96. The largest absolute Gasteiger partial charge is 0.394 e. The van der Waals surface area contributed by atoms with Crippen molar-refractivity contribution >= 4 is 0 Å². The average Bonchev–Trinajstić information content (AvgIpc) is 2.46. The monoisotopic (exact) mass is 272 g/mol. The van der Waals surface area contributed by atoms with Gasteiger partial charge in [0.1, 0.15) is 0 Å². The first kappa shape index (κ1) is 16.9. The molecule has 4 heteroatoms. The molecule has 1 aliphatic carbocycles. The van der Waals surface area contributed by atoms with Crippen molar-refractivity contribution in [1.29, 1.82) is 0 Å². The summed E-state index contributed by atoms with van der Waals surface area (Å²) in [6, 6.07) is 0.574. The number of aliphatic hydroxyl groups is 1. The smallest absolute Gasteiger partial charge is 0.0613 e. The maximum absolute atomic E-state index is 9.81. The topological polar surface area (TPSA) is 44.7 Å². The van der Waals surface area contributed by atoms with E-state index in [4.69, 9.17) is 4.74 Å². The van der Waals surface area contributed by atoms with Crippen LogP contribution in [0.15, 0.2) is 0 Å². The lowest BCUT2D eigenvalue weighted by Gasteiger charge is -2.44. The van der Waals surface area contributed by atoms with Crippen molar-refractivity contribution in [1.82, 2.24) is 10.2 Å². The first-order valence-electron chi connectivity index (χ1n) is 7.80. The van der Waals surface area contributed by atoms with Crippen LogP contribution in [-0.4, -0.2) is 61.5 Å². The lowest BCUT2D eigenvalue weighted by molar-refractivity contribution is 0.0485. The Morgan fingerprint density at radius 1 is 1.42 bits per heavy atom. The molecule has 2 atom stereocenters. The molecule has 0 aromatic rings. The molecule has 1 fully saturated rings. The van der Waals surface area contributed by atoms with Gasteiger partial charge in [0.05, 0.1) is 13.2 Å². The Balaban J connectivity index is 2.59. The molecular formula is C15H32N2O2.